The largest absolute Gasteiger partial charge is 0.491 e. The normalized spacial score (nSPS) is 11.1. The average molecular weight is 329 g/mol. The summed E-state index contributed by atoms with van der Waals surface area (Å²) in [5.41, 5.74) is 4.40. The van der Waals surface area contributed by atoms with Crippen molar-refractivity contribution in [1.82, 2.24) is 4.98 Å². The first-order chi connectivity index (χ1) is 12.4. The summed E-state index contributed by atoms with van der Waals surface area (Å²) in [6, 6.07) is 24.8. The maximum absolute atomic E-state index is 5.67. The Balaban J connectivity index is 1.84. The number of hydrogen-bond acceptors (Lipinski definition) is 3. The van der Waals surface area contributed by atoms with E-state index in [4.69, 9.17) is 14.5 Å². The molecule has 0 atom stereocenters. The van der Waals surface area contributed by atoms with Crippen molar-refractivity contribution in [3.05, 3.63) is 72.8 Å². The van der Waals surface area contributed by atoms with Crippen LogP contribution in [-0.4, -0.2) is 25.3 Å². The molecule has 0 saturated carbocycles. The Morgan fingerprint density at radius 2 is 1.32 bits per heavy atom. The van der Waals surface area contributed by atoms with E-state index in [1.165, 1.54) is 5.56 Å². The van der Waals surface area contributed by atoms with E-state index in [1.54, 1.807) is 7.11 Å². The van der Waals surface area contributed by atoms with Crippen molar-refractivity contribution in [3.63, 3.8) is 0 Å². The summed E-state index contributed by atoms with van der Waals surface area (Å²) < 4.78 is 10.7. The van der Waals surface area contributed by atoms with E-state index in [-0.39, 0.29) is 0 Å². The third-order valence-corrected chi connectivity index (χ3v) is 4.29. The molecular formula is C22H19NO2. The molecular weight excluding hydrogens is 310 g/mol. The molecule has 0 bridgehead atoms. The van der Waals surface area contributed by atoms with E-state index in [0.717, 1.165) is 33.1 Å². The van der Waals surface area contributed by atoms with Crippen molar-refractivity contribution in [1.29, 1.82) is 0 Å². The van der Waals surface area contributed by atoms with Crippen molar-refractivity contribution in [2.45, 2.75) is 0 Å². The highest BCUT2D eigenvalue weighted by molar-refractivity contribution is 6.09. The van der Waals surface area contributed by atoms with Crippen molar-refractivity contribution >= 4 is 21.8 Å². The molecule has 0 spiro atoms. The minimum atomic E-state index is 0.553. The van der Waals surface area contributed by atoms with Gasteiger partial charge in [-0.2, -0.15) is 0 Å². The number of rotatable bonds is 5. The molecule has 1 aromatic heterocycles. The molecule has 3 heteroatoms. The fourth-order valence-electron chi connectivity index (χ4n) is 3.11. The lowest BCUT2D eigenvalue weighted by atomic mass is 9.96. The van der Waals surface area contributed by atoms with Gasteiger partial charge in [-0.1, -0.05) is 48.5 Å². The highest BCUT2D eigenvalue weighted by Crippen LogP contribution is 2.35. The Labute approximate surface area is 146 Å². The molecule has 124 valence electrons. The summed E-state index contributed by atoms with van der Waals surface area (Å²) in [5, 5.41) is 2.32. The van der Waals surface area contributed by atoms with Gasteiger partial charge in [0.2, 0.25) is 0 Å². The minimum absolute atomic E-state index is 0.553. The number of benzene rings is 3. The van der Waals surface area contributed by atoms with Gasteiger partial charge in [0.05, 0.1) is 17.6 Å². The zero-order valence-corrected chi connectivity index (χ0v) is 14.1. The standard InChI is InChI=1S/C22H19NO2/c1-24-14-15-25-17-12-10-16(11-13-17)22-18-6-2-4-8-20(18)23-21-9-5-3-7-19(21)22/h2-13H,14-15H2,1H3. The van der Waals surface area contributed by atoms with Gasteiger partial charge >= 0.3 is 0 Å². The molecule has 0 aliphatic carbocycles. The third-order valence-electron chi connectivity index (χ3n) is 4.29. The lowest BCUT2D eigenvalue weighted by Crippen LogP contribution is -2.03. The molecule has 0 amide bonds. The van der Waals surface area contributed by atoms with Gasteiger partial charge in [0, 0.05) is 23.4 Å². The second-order valence-electron chi connectivity index (χ2n) is 5.89. The zero-order chi connectivity index (χ0) is 17.1. The van der Waals surface area contributed by atoms with E-state index in [2.05, 4.69) is 48.5 Å². The van der Waals surface area contributed by atoms with Gasteiger partial charge < -0.3 is 9.47 Å². The van der Waals surface area contributed by atoms with Gasteiger partial charge in [-0.05, 0) is 29.8 Å². The van der Waals surface area contributed by atoms with Crippen LogP contribution in [0.3, 0.4) is 0 Å². The average Bonchev–Trinajstić information content (AvgIpc) is 2.67. The molecule has 0 fully saturated rings. The number of nitrogens with zero attached hydrogens (tertiary/aromatic N) is 1. The molecule has 0 N–H and O–H groups in total. The second-order valence-corrected chi connectivity index (χ2v) is 5.89. The zero-order valence-electron chi connectivity index (χ0n) is 14.1. The summed E-state index contributed by atoms with van der Waals surface area (Å²) in [5.74, 6) is 0.850. The molecule has 0 radical (unpaired) electrons. The topological polar surface area (TPSA) is 31.4 Å². The molecule has 4 rings (SSSR count). The van der Waals surface area contributed by atoms with Crippen LogP contribution in [-0.2, 0) is 4.74 Å². The Morgan fingerprint density at radius 3 is 1.92 bits per heavy atom. The molecule has 3 aromatic carbocycles. The van der Waals surface area contributed by atoms with E-state index >= 15 is 0 Å². The van der Waals surface area contributed by atoms with E-state index < -0.39 is 0 Å². The Hall–Kier alpha value is -2.91. The van der Waals surface area contributed by atoms with Crippen LogP contribution in [0.2, 0.25) is 0 Å². The van der Waals surface area contributed by atoms with Crippen LogP contribution < -0.4 is 4.74 Å². The number of fused-ring (bicyclic) bond motifs is 2. The Bertz CT molecular complexity index is 955. The maximum atomic E-state index is 5.67. The van der Waals surface area contributed by atoms with Crippen molar-refractivity contribution in [2.75, 3.05) is 20.3 Å². The molecule has 0 saturated heterocycles. The first-order valence-corrected chi connectivity index (χ1v) is 8.36. The van der Waals surface area contributed by atoms with Crippen molar-refractivity contribution in [3.8, 4) is 16.9 Å². The predicted octanol–water partition coefficient (Wildman–Crippen LogP) is 5.08. The quantitative estimate of drug-likeness (QED) is 0.378. The minimum Gasteiger partial charge on any atom is -0.491 e. The first kappa shape index (κ1) is 15.6. The van der Waals surface area contributed by atoms with Crippen molar-refractivity contribution in [2.24, 2.45) is 0 Å². The van der Waals surface area contributed by atoms with Crippen LogP contribution in [0.1, 0.15) is 0 Å². The van der Waals surface area contributed by atoms with Gasteiger partial charge in [-0.3, -0.25) is 0 Å². The molecule has 25 heavy (non-hydrogen) atoms. The van der Waals surface area contributed by atoms with Gasteiger partial charge in [-0.15, -0.1) is 0 Å². The summed E-state index contributed by atoms with van der Waals surface area (Å²) >= 11 is 0. The summed E-state index contributed by atoms with van der Waals surface area (Å²) in [7, 11) is 1.67. The first-order valence-electron chi connectivity index (χ1n) is 8.36. The van der Waals surface area contributed by atoms with Crippen LogP contribution in [0.15, 0.2) is 72.8 Å². The van der Waals surface area contributed by atoms with Gasteiger partial charge in [0.15, 0.2) is 0 Å². The molecule has 1 heterocycles. The van der Waals surface area contributed by atoms with Crippen LogP contribution in [0.4, 0.5) is 0 Å². The summed E-state index contributed by atoms with van der Waals surface area (Å²) in [6.45, 7) is 1.14. The second kappa shape index (κ2) is 6.91. The number of hydrogen-bond donors (Lipinski definition) is 0. The highest BCUT2D eigenvalue weighted by Gasteiger charge is 2.10. The Kier molecular flexibility index (Phi) is 4.32. The lowest BCUT2D eigenvalue weighted by Gasteiger charge is -2.12. The van der Waals surface area contributed by atoms with Crippen LogP contribution in [0.5, 0.6) is 5.75 Å². The highest BCUT2D eigenvalue weighted by atomic mass is 16.5. The fourth-order valence-corrected chi connectivity index (χ4v) is 3.11. The number of pyridine rings is 1. The van der Waals surface area contributed by atoms with E-state index in [1.807, 2.05) is 24.3 Å². The number of ether oxygens (including phenoxy) is 2. The number of methoxy groups -OCH3 is 1. The predicted molar refractivity (Wildman–Crippen MR) is 102 cm³/mol. The van der Waals surface area contributed by atoms with E-state index in [0.29, 0.717) is 13.2 Å². The molecule has 4 aromatic rings. The maximum Gasteiger partial charge on any atom is 0.119 e. The smallest absolute Gasteiger partial charge is 0.119 e. The summed E-state index contributed by atoms with van der Waals surface area (Å²) in [6.07, 6.45) is 0. The van der Waals surface area contributed by atoms with Gasteiger partial charge in [-0.25, -0.2) is 4.98 Å². The van der Waals surface area contributed by atoms with Crippen LogP contribution >= 0.6 is 0 Å². The fraction of sp³-hybridized carbons (Fsp3) is 0.136. The van der Waals surface area contributed by atoms with Gasteiger partial charge in [0.1, 0.15) is 12.4 Å². The summed E-state index contributed by atoms with van der Waals surface area (Å²) in [4.78, 5) is 4.79. The SMILES string of the molecule is COCCOc1ccc(-c2c3ccccc3nc3ccccc23)cc1. The van der Waals surface area contributed by atoms with Crippen LogP contribution in [0, 0.1) is 0 Å². The monoisotopic (exact) mass is 329 g/mol. The molecule has 0 aliphatic heterocycles. The molecule has 0 aliphatic rings. The van der Waals surface area contributed by atoms with Crippen molar-refractivity contribution < 1.29 is 9.47 Å². The molecule has 0 unspecified atom stereocenters. The number of aromatic nitrogens is 1. The lowest BCUT2D eigenvalue weighted by molar-refractivity contribution is 0.146. The number of para-hydroxylation sites is 2. The van der Waals surface area contributed by atoms with Crippen LogP contribution in [0.25, 0.3) is 32.9 Å². The third kappa shape index (κ3) is 3.06. The molecule has 3 nitrogen and oxygen atoms in total. The van der Waals surface area contributed by atoms with Gasteiger partial charge in [0.25, 0.3) is 0 Å². The Morgan fingerprint density at radius 1 is 0.720 bits per heavy atom. The van der Waals surface area contributed by atoms with E-state index in [9.17, 15) is 0 Å².